The fourth-order valence-electron chi connectivity index (χ4n) is 1.55. The highest BCUT2D eigenvalue weighted by Gasteiger charge is 2.20. The van der Waals surface area contributed by atoms with Crippen LogP contribution in [0.3, 0.4) is 0 Å². The van der Waals surface area contributed by atoms with Gasteiger partial charge in [0.15, 0.2) is 5.88 Å². The summed E-state index contributed by atoms with van der Waals surface area (Å²) in [6, 6.07) is 1.59. The Hall–Kier alpha value is -2.31. The summed E-state index contributed by atoms with van der Waals surface area (Å²) >= 11 is 0. The van der Waals surface area contributed by atoms with Gasteiger partial charge in [0.1, 0.15) is 0 Å². The van der Waals surface area contributed by atoms with E-state index in [-0.39, 0.29) is 17.9 Å². The maximum absolute atomic E-state index is 11.9. The van der Waals surface area contributed by atoms with Crippen molar-refractivity contribution in [1.82, 2.24) is 10.3 Å². The molecule has 0 aliphatic rings. The summed E-state index contributed by atoms with van der Waals surface area (Å²) in [6.45, 7) is 3.56. The topological polar surface area (TPSA) is 119 Å². The Morgan fingerprint density at radius 3 is 2.47 bits per heavy atom. The van der Waals surface area contributed by atoms with Crippen LogP contribution in [0.2, 0.25) is 0 Å². The van der Waals surface area contributed by atoms with Crippen LogP contribution < -0.4 is 10.9 Å². The van der Waals surface area contributed by atoms with Crippen molar-refractivity contribution < 1.29 is 19.8 Å². The zero-order valence-corrected chi connectivity index (χ0v) is 10.6. The Morgan fingerprint density at radius 2 is 2.00 bits per heavy atom. The molecule has 0 aromatic carbocycles. The number of aromatic nitrogens is 1. The summed E-state index contributed by atoms with van der Waals surface area (Å²) in [5.41, 5.74) is -0.623. The van der Waals surface area contributed by atoms with E-state index in [1.54, 1.807) is 13.8 Å². The van der Waals surface area contributed by atoms with Gasteiger partial charge in [-0.25, -0.2) is 0 Å². The van der Waals surface area contributed by atoms with Crippen molar-refractivity contribution in [2.24, 2.45) is 5.92 Å². The van der Waals surface area contributed by atoms with Crippen molar-refractivity contribution in [2.45, 2.75) is 26.3 Å². The quantitative estimate of drug-likeness (QED) is 0.612. The van der Waals surface area contributed by atoms with Crippen molar-refractivity contribution in [3.05, 3.63) is 28.0 Å². The van der Waals surface area contributed by atoms with Crippen LogP contribution in [0.25, 0.3) is 0 Å². The minimum absolute atomic E-state index is 0.0164. The van der Waals surface area contributed by atoms with Gasteiger partial charge in [-0.2, -0.15) is 0 Å². The van der Waals surface area contributed by atoms with E-state index in [0.29, 0.717) is 0 Å². The first kappa shape index (κ1) is 14.7. The molecule has 1 unspecified atom stereocenters. The van der Waals surface area contributed by atoms with Crippen LogP contribution in [-0.4, -0.2) is 33.1 Å². The van der Waals surface area contributed by atoms with E-state index in [4.69, 9.17) is 5.11 Å². The number of carboxylic acid groups (broad SMARTS) is 1. The van der Waals surface area contributed by atoms with Gasteiger partial charge in [-0.3, -0.25) is 19.4 Å². The van der Waals surface area contributed by atoms with Gasteiger partial charge in [0.2, 0.25) is 0 Å². The molecule has 0 fully saturated rings. The molecular weight excluding hydrogens is 252 g/mol. The first-order chi connectivity index (χ1) is 8.79. The lowest BCUT2D eigenvalue weighted by atomic mass is 10.0. The van der Waals surface area contributed by atoms with Crippen molar-refractivity contribution in [2.75, 3.05) is 0 Å². The fourth-order valence-corrected chi connectivity index (χ4v) is 1.55. The van der Waals surface area contributed by atoms with Gasteiger partial charge >= 0.3 is 5.97 Å². The van der Waals surface area contributed by atoms with Gasteiger partial charge < -0.3 is 15.5 Å². The maximum Gasteiger partial charge on any atom is 0.305 e. The van der Waals surface area contributed by atoms with Gasteiger partial charge in [0, 0.05) is 18.2 Å². The van der Waals surface area contributed by atoms with Crippen molar-refractivity contribution in [3.8, 4) is 5.88 Å². The standard InChI is InChI=1S/C12H16N2O5/c1-6(2)8(5-11(17)18)13-12(19)7-3-9(15)14-10(16)4-7/h3-4,6,8H,5H2,1-2H3,(H,13,19)(H,17,18)(H2,14,15,16). The SMILES string of the molecule is CC(C)C(CC(=O)O)NC(=O)c1cc(O)[nH]c(=O)c1. The number of aromatic amines is 1. The number of amides is 1. The van der Waals surface area contributed by atoms with Crippen LogP contribution in [0.4, 0.5) is 0 Å². The van der Waals surface area contributed by atoms with Gasteiger partial charge in [0.05, 0.1) is 12.0 Å². The molecule has 1 atom stereocenters. The molecule has 7 nitrogen and oxygen atoms in total. The lowest BCUT2D eigenvalue weighted by Crippen LogP contribution is -2.40. The number of rotatable bonds is 5. The van der Waals surface area contributed by atoms with Gasteiger partial charge in [-0.1, -0.05) is 13.8 Å². The van der Waals surface area contributed by atoms with E-state index in [1.807, 2.05) is 0 Å². The molecule has 7 heteroatoms. The number of hydrogen-bond acceptors (Lipinski definition) is 4. The third-order valence-electron chi connectivity index (χ3n) is 2.61. The molecule has 0 spiro atoms. The maximum atomic E-state index is 11.9. The van der Waals surface area contributed by atoms with E-state index in [9.17, 15) is 19.5 Å². The van der Waals surface area contributed by atoms with Crippen LogP contribution in [0.1, 0.15) is 30.6 Å². The summed E-state index contributed by atoms with van der Waals surface area (Å²) < 4.78 is 0. The summed E-state index contributed by atoms with van der Waals surface area (Å²) in [5.74, 6) is -2.11. The molecule has 4 N–H and O–H groups in total. The summed E-state index contributed by atoms with van der Waals surface area (Å²) in [4.78, 5) is 35.8. The first-order valence-corrected chi connectivity index (χ1v) is 5.75. The molecule has 1 rings (SSSR count). The van der Waals surface area contributed by atoms with E-state index in [1.165, 1.54) is 0 Å². The highest BCUT2D eigenvalue weighted by atomic mass is 16.4. The predicted octanol–water partition coefficient (Wildman–Crippen LogP) is 0.310. The highest BCUT2D eigenvalue weighted by Crippen LogP contribution is 2.09. The second-order valence-corrected chi connectivity index (χ2v) is 4.54. The fraction of sp³-hybridized carbons (Fsp3) is 0.417. The predicted molar refractivity (Wildman–Crippen MR) is 67.1 cm³/mol. The molecule has 1 aromatic heterocycles. The number of nitrogens with one attached hydrogen (secondary N) is 2. The average molecular weight is 268 g/mol. The van der Waals surface area contributed by atoms with Crippen LogP contribution >= 0.6 is 0 Å². The van der Waals surface area contributed by atoms with Crippen LogP contribution in [-0.2, 0) is 4.79 Å². The van der Waals surface area contributed by atoms with E-state index >= 15 is 0 Å². The van der Waals surface area contributed by atoms with E-state index in [2.05, 4.69) is 10.3 Å². The van der Waals surface area contributed by atoms with Crippen molar-refractivity contribution in [1.29, 1.82) is 0 Å². The first-order valence-electron chi connectivity index (χ1n) is 5.75. The molecule has 0 saturated carbocycles. The molecule has 104 valence electrons. The molecule has 0 saturated heterocycles. The number of aliphatic carboxylic acids is 1. The summed E-state index contributed by atoms with van der Waals surface area (Å²) in [6.07, 6.45) is -0.210. The molecular formula is C12H16N2O5. The number of hydrogen-bond donors (Lipinski definition) is 4. The summed E-state index contributed by atoms with van der Waals surface area (Å²) in [7, 11) is 0. The second kappa shape index (κ2) is 6.03. The number of pyridine rings is 1. The molecule has 0 bridgehead atoms. The lowest BCUT2D eigenvalue weighted by Gasteiger charge is -2.20. The Balaban J connectivity index is 2.87. The number of carboxylic acids is 1. The molecule has 1 aromatic rings. The zero-order chi connectivity index (χ0) is 14.6. The van der Waals surface area contributed by atoms with E-state index in [0.717, 1.165) is 12.1 Å². The van der Waals surface area contributed by atoms with Crippen LogP contribution in [0.15, 0.2) is 16.9 Å². The Kier molecular flexibility index (Phi) is 4.68. The van der Waals surface area contributed by atoms with Crippen LogP contribution in [0, 0.1) is 5.92 Å². The molecule has 19 heavy (non-hydrogen) atoms. The molecule has 1 amide bonds. The number of aromatic hydroxyl groups is 1. The third kappa shape index (κ3) is 4.46. The molecule has 0 aliphatic heterocycles. The smallest absolute Gasteiger partial charge is 0.305 e. The Bertz CT molecular complexity index is 535. The van der Waals surface area contributed by atoms with Crippen molar-refractivity contribution in [3.63, 3.8) is 0 Å². The number of carbonyl (C=O) groups excluding carboxylic acids is 1. The largest absolute Gasteiger partial charge is 0.494 e. The van der Waals surface area contributed by atoms with Crippen LogP contribution in [0.5, 0.6) is 5.88 Å². The highest BCUT2D eigenvalue weighted by molar-refractivity contribution is 5.94. The lowest BCUT2D eigenvalue weighted by molar-refractivity contribution is -0.137. The molecule has 0 aliphatic carbocycles. The monoisotopic (exact) mass is 268 g/mol. The second-order valence-electron chi connectivity index (χ2n) is 4.54. The minimum Gasteiger partial charge on any atom is -0.494 e. The Labute approximate surface area is 109 Å². The molecule has 0 radical (unpaired) electrons. The number of carbonyl (C=O) groups is 2. The average Bonchev–Trinajstić information content (AvgIpc) is 2.25. The van der Waals surface area contributed by atoms with E-state index < -0.39 is 29.4 Å². The number of H-pyrrole nitrogens is 1. The Morgan fingerprint density at radius 1 is 1.37 bits per heavy atom. The summed E-state index contributed by atoms with van der Waals surface area (Å²) in [5, 5.41) is 20.5. The van der Waals surface area contributed by atoms with Gasteiger partial charge in [0.25, 0.3) is 11.5 Å². The normalized spacial score (nSPS) is 12.2. The minimum atomic E-state index is -1.02. The van der Waals surface area contributed by atoms with Gasteiger partial charge in [-0.15, -0.1) is 0 Å². The van der Waals surface area contributed by atoms with Gasteiger partial charge in [-0.05, 0) is 5.92 Å². The third-order valence-corrected chi connectivity index (χ3v) is 2.61. The zero-order valence-electron chi connectivity index (χ0n) is 10.6. The van der Waals surface area contributed by atoms with Crippen molar-refractivity contribution >= 4 is 11.9 Å². The molecule has 1 heterocycles.